The first kappa shape index (κ1) is 12.9. The fourth-order valence-electron chi connectivity index (χ4n) is 2.42. The Bertz CT molecular complexity index is 445. The van der Waals surface area contributed by atoms with Crippen LogP contribution in [-0.4, -0.2) is 35.6 Å². The van der Waals surface area contributed by atoms with Gasteiger partial charge < -0.3 is 15.7 Å². The number of aryl methyl sites for hydroxylation is 1. The Labute approximate surface area is 107 Å². The van der Waals surface area contributed by atoms with Gasteiger partial charge in [0.2, 0.25) is 0 Å². The van der Waals surface area contributed by atoms with Gasteiger partial charge in [0.1, 0.15) is 0 Å². The molecule has 3 N–H and O–H groups in total. The maximum Gasteiger partial charge on any atom is 0.255 e. The minimum Gasteiger partial charge on any atom is -0.398 e. The Morgan fingerprint density at radius 3 is 3.06 bits per heavy atom. The van der Waals surface area contributed by atoms with Gasteiger partial charge in [-0.25, -0.2) is 0 Å². The second kappa shape index (κ2) is 5.40. The number of nitrogens with two attached hydrogens (primary N) is 1. The van der Waals surface area contributed by atoms with Crippen LogP contribution in [0.5, 0.6) is 0 Å². The normalized spacial score (nSPS) is 19.9. The summed E-state index contributed by atoms with van der Waals surface area (Å²) in [5.41, 5.74) is 8.00. The van der Waals surface area contributed by atoms with Gasteiger partial charge in [-0.2, -0.15) is 0 Å². The van der Waals surface area contributed by atoms with Crippen LogP contribution in [0, 0.1) is 12.8 Å². The van der Waals surface area contributed by atoms with Crippen LogP contribution in [0.1, 0.15) is 28.8 Å². The van der Waals surface area contributed by atoms with Crippen LogP contribution in [-0.2, 0) is 0 Å². The fraction of sp³-hybridized carbons (Fsp3) is 0.500. The van der Waals surface area contributed by atoms with Crippen molar-refractivity contribution in [1.29, 1.82) is 0 Å². The molecular weight excluding hydrogens is 228 g/mol. The third-order valence-electron chi connectivity index (χ3n) is 3.50. The van der Waals surface area contributed by atoms with Crippen LogP contribution in [0.3, 0.4) is 0 Å². The first-order valence-corrected chi connectivity index (χ1v) is 6.38. The highest BCUT2D eigenvalue weighted by Gasteiger charge is 2.25. The highest BCUT2D eigenvalue weighted by atomic mass is 16.3. The Morgan fingerprint density at radius 1 is 1.56 bits per heavy atom. The number of rotatable bonds is 2. The van der Waals surface area contributed by atoms with Crippen molar-refractivity contribution < 1.29 is 9.90 Å². The Kier molecular flexibility index (Phi) is 3.87. The van der Waals surface area contributed by atoms with Gasteiger partial charge in [0.05, 0.1) is 5.56 Å². The number of hydrogen-bond donors (Lipinski definition) is 2. The van der Waals surface area contributed by atoms with Crippen molar-refractivity contribution >= 4 is 11.6 Å². The molecule has 98 valence electrons. The summed E-state index contributed by atoms with van der Waals surface area (Å²) >= 11 is 0. The van der Waals surface area contributed by atoms with Gasteiger partial charge in [0.25, 0.3) is 5.91 Å². The number of carbonyl (C=O) groups is 1. The van der Waals surface area contributed by atoms with Gasteiger partial charge in [-0.1, -0.05) is 11.6 Å². The van der Waals surface area contributed by atoms with E-state index in [4.69, 9.17) is 5.73 Å². The topological polar surface area (TPSA) is 66.6 Å². The molecule has 2 rings (SSSR count). The van der Waals surface area contributed by atoms with Gasteiger partial charge in [-0.05, 0) is 37.8 Å². The van der Waals surface area contributed by atoms with E-state index in [2.05, 4.69) is 0 Å². The first-order chi connectivity index (χ1) is 8.61. The average Bonchev–Trinajstić information content (AvgIpc) is 2.41. The van der Waals surface area contributed by atoms with E-state index >= 15 is 0 Å². The number of benzene rings is 1. The lowest BCUT2D eigenvalue weighted by Crippen LogP contribution is -2.41. The second-order valence-corrected chi connectivity index (χ2v) is 5.03. The number of aliphatic hydroxyl groups excluding tert-OH is 1. The molecule has 1 amide bonds. The molecule has 4 nitrogen and oxygen atoms in total. The van der Waals surface area contributed by atoms with Crippen molar-refractivity contribution in [2.75, 3.05) is 25.4 Å². The predicted molar refractivity (Wildman–Crippen MR) is 71.3 cm³/mol. The molecule has 1 aromatic carbocycles. The Morgan fingerprint density at radius 2 is 2.33 bits per heavy atom. The Balaban J connectivity index is 2.17. The van der Waals surface area contributed by atoms with Crippen LogP contribution >= 0.6 is 0 Å². The van der Waals surface area contributed by atoms with Crippen molar-refractivity contribution in [1.82, 2.24) is 4.90 Å². The molecule has 1 aliphatic heterocycles. The van der Waals surface area contributed by atoms with Crippen LogP contribution < -0.4 is 5.73 Å². The predicted octanol–water partition coefficient (Wildman–Crippen LogP) is 1.42. The number of anilines is 1. The van der Waals surface area contributed by atoms with E-state index in [9.17, 15) is 9.90 Å². The van der Waals surface area contributed by atoms with Crippen LogP contribution in [0.4, 0.5) is 5.69 Å². The number of likely N-dealkylation sites (tertiary alicyclic amines) is 1. The lowest BCUT2D eigenvalue weighted by Gasteiger charge is -2.32. The zero-order chi connectivity index (χ0) is 13.1. The molecule has 1 heterocycles. The van der Waals surface area contributed by atoms with Crippen molar-refractivity contribution in [3.63, 3.8) is 0 Å². The summed E-state index contributed by atoms with van der Waals surface area (Å²) in [5, 5.41) is 9.20. The van der Waals surface area contributed by atoms with Crippen molar-refractivity contribution in [2.45, 2.75) is 19.8 Å². The maximum absolute atomic E-state index is 12.4. The largest absolute Gasteiger partial charge is 0.398 e. The summed E-state index contributed by atoms with van der Waals surface area (Å²) < 4.78 is 0. The molecule has 0 radical (unpaired) electrons. The summed E-state index contributed by atoms with van der Waals surface area (Å²) in [6, 6.07) is 5.51. The van der Waals surface area contributed by atoms with Gasteiger partial charge in [0.15, 0.2) is 0 Å². The average molecular weight is 248 g/mol. The number of amides is 1. The number of hydrogen-bond acceptors (Lipinski definition) is 3. The minimum absolute atomic E-state index is 0.0191. The molecule has 0 spiro atoms. The first-order valence-electron chi connectivity index (χ1n) is 6.38. The summed E-state index contributed by atoms with van der Waals surface area (Å²) in [6.45, 7) is 3.47. The van der Waals surface area contributed by atoms with E-state index in [0.717, 1.165) is 24.9 Å². The zero-order valence-corrected chi connectivity index (χ0v) is 10.7. The number of carbonyl (C=O) groups excluding carboxylic acids is 1. The van der Waals surface area contributed by atoms with Crippen molar-refractivity contribution in [3.8, 4) is 0 Å². The van der Waals surface area contributed by atoms with Crippen LogP contribution in [0.2, 0.25) is 0 Å². The van der Waals surface area contributed by atoms with Crippen molar-refractivity contribution in [2.24, 2.45) is 5.92 Å². The van der Waals surface area contributed by atoms with E-state index < -0.39 is 0 Å². The SMILES string of the molecule is Cc1ccc(N)c(C(=O)N2CCCC(CO)C2)c1. The lowest BCUT2D eigenvalue weighted by atomic mass is 9.98. The molecule has 1 atom stereocenters. The second-order valence-electron chi connectivity index (χ2n) is 5.03. The standard InChI is InChI=1S/C14H20N2O2/c1-10-4-5-13(15)12(7-10)14(18)16-6-2-3-11(8-16)9-17/h4-5,7,11,17H,2-3,6,8-9,15H2,1H3. The van der Waals surface area contributed by atoms with Gasteiger partial charge in [0, 0.05) is 25.4 Å². The minimum atomic E-state index is -0.0191. The fourth-order valence-corrected chi connectivity index (χ4v) is 2.42. The molecule has 1 unspecified atom stereocenters. The summed E-state index contributed by atoms with van der Waals surface area (Å²) in [4.78, 5) is 14.2. The quantitative estimate of drug-likeness (QED) is 0.778. The highest BCUT2D eigenvalue weighted by Crippen LogP contribution is 2.21. The maximum atomic E-state index is 12.4. The summed E-state index contributed by atoms with van der Waals surface area (Å²) in [6.07, 6.45) is 1.94. The van der Waals surface area contributed by atoms with E-state index in [1.165, 1.54) is 0 Å². The summed E-state index contributed by atoms with van der Waals surface area (Å²) in [5.74, 6) is 0.183. The number of nitrogen functional groups attached to an aromatic ring is 1. The number of aliphatic hydroxyl groups is 1. The molecule has 0 aliphatic carbocycles. The van der Waals surface area contributed by atoms with Gasteiger partial charge in [-0.3, -0.25) is 4.79 Å². The molecule has 1 aliphatic rings. The molecule has 1 fully saturated rings. The molecule has 0 saturated carbocycles. The van der Waals surface area contributed by atoms with E-state index in [1.54, 1.807) is 11.0 Å². The highest BCUT2D eigenvalue weighted by molar-refractivity contribution is 5.99. The number of nitrogens with zero attached hydrogens (tertiary/aromatic N) is 1. The molecule has 18 heavy (non-hydrogen) atoms. The van der Waals surface area contributed by atoms with Crippen molar-refractivity contribution in [3.05, 3.63) is 29.3 Å². The van der Waals surface area contributed by atoms with E-state index in [-0.39, 0.29) is 18.4 Å². The number of piperidine rings is 1. The lowest BCUT2D eigenvalue weighted by molar-refractivity contribution is 0.0621. The van der Waals surface area contributed by atoms with E-state index in [1.807, 2.05) is 19.1 Å². The van der Waals surface area contributed by atoms with Gasteiger partial charge in [-0.15, -0.1) is 0 Å². The third-order valence-corrected chi connectivity index (χ3v) is 3.50. The molecule has 4 heteroatoms. The molecular formula is C14H20N2O2. The smallest absolute Gasteiger partial charge is 0.255 e. The van der Waals surface area contributed by atoms with Crippen LogP contribution in [0.25, 0.3) is 0 Å². The molecule has 0 bridgehead atoms. The summed E-state index contributed by atoms with van der Waals surface area (Å²) in [7, 11) is 0. The Hall–Kier alpha value is -1.55. The molecule has 1 aromatic rings. The van der Waals surface area contributed by atoms with Crippen LogP contribution in [0.15, 0.2) is 18.2 Å². The monoisotopic (exact) mass is 248 g/mol. The molecule has 0 aromatic heterocycles. The zero-order valence-electron chi connectivity index (χ0n) is 10.7. The molecule has 1 saturated heterocycles. The van der Waals surface area contributed by atoms with E-state index in [0.29, 0.717) is 17.8 Å². The van der Waals surface area contributed by atoms with Gasteiger partial charge >= 0.3 is 0 Å². The third kappa shape index (κ3) is 2.64.